The maximum atomic E-state index is 14.9. The van der Waals surface area contributed by atoms with Crippen LogP contribution in [0.25, 0.3) is 0 Å². The van der Waals surface area contributed by atoms with E-state index in [0.717, 1.165) is 63.3 Å². The minimum absolute atomic E-state index is 0. The fourth-order valence-corrected chi connectivity index (χ4v) is 18.6. The Labute approximate surface area is 535 Å². The van der Waals surface area contributed by atoms with Crippen molar-refractivity contribution in [2.75, 3.05) is 54.2 Å². The molecule has 0 radical (unpaired) electrons. The highest BCUT2D eigenvalue weighted by Crippen LogP contribution is 2.56. The molecule has 18 atom stereocenters. The number of rotatable bonds is 23. The molecule has 488 valence electrons. The lowest BCUT2D eigenvalue weighted by Gasteiger charge is -2.48. The summed E-state index contributed by atoms with van der Waals surface area (Å²) in [7, 11) is 5.09. The molecule has 3 aliphatic heterocycles. The third kappa shape index (κ3) is 18.0. The number of carbonyl (C=O) groups is 1. The quantitative estimate of drug-likeness (QED) is 0.0310. The standard InChI is InChI=1S/C69H112N2O13P.HI/c1-17-58-67(10,44-72)62(74)51(8)71(38-24-22-20-18-19-21-23-25-39-85(54-32-26-45(2)27-33-54,55-34-28-46(3)29-35-55)56-36-30-53(78-15)31-37-56)43-47(4)41-68(11,77)64(84-66-60(73)57(70(13)14)40-48(5)80-66)49(6)61(50(7)65(76)82-58)83-59-42-69(12,79-16)63(75)52(9)81-59;/h26-37,47-52,57-64,66,72-75,77H,17-25,38-44H2,1-16H3;1H/q+1;/p-1/t47-,48-,49+,50-,51-,52+,57+,58-,59+,60-,61+,62-,63+,64-,66+,67-,68-,69-;/m1./s1. The Kier molecular flexibility index (Phi) is 28.8. The SMILES string of the molecule is CC[C@H]1OC(=O)[C@H](C)[C@@H](O[C@H]2C[C@@](C)(OC)[C@@H](O)[C@H](C)O2)[C@H](C)[C@@H](O[C@@H]2O[C@H](C)C[C@H](N(C)C)[C@H]2O)[C@](C)(O)C[C@@H](C)CN(CCCCCCCCCC[P+](c2ccc(C)cc2)(c2ccc(C)cc2)c2ccc(OC)cc2)[C@H](C)[C@@H](O)[C@]1(C)CO.[I-]. The summed E-state index contributed by atoms with van der Waals surface area (Å²) >= 11 is 0. The van der Waals surface area contributed by atoms with E-state index in [1.165, 1.54) is 34.2 Å². The van der Waals surface area contributed by atoms with Crippen molar-refractivity contribution in [3.8, 4) is 5.75 Å². The number of halogens is 1. The van der Waals surface area contributed by atoms with E-state index < -0.39 is 110 Å². The molecule has 0 unspecified atom stereocenters. The van der Waals surface area contributed by atoms with Gasteiger partial charge in [-0.15, -0.1) is 0 Å². The van der Waals surface area contributed by atoms with Gasteiger partial charge < -0.3 is 87.6 Å². The molecule has 3 aliphatic rings. The van der Waals surface area contributed by atoms with Gasteiger partial charge in [0.2, 0.25) is 0 Å². The third-order valence-electron chi connectivity index (χ3n) is 19.7. The van der Waals surface area contributed by atoms with Crippen LogP contribution in [0.15, 0.2) is 72.8 Å². The minimum Gasteiger partial charge on any atom is -1.00 e. The Bertz CT molecular complexity index is 2430. The average molecular weight is 1340 g/mol. The Morgan fingerprint density at radius 3 is 1.78 bits per heavy atom. The van der Waals surface area contributed by atoms with E-state index in [0.29, 0.717) is 25.9 Å². The maximum Gasteiger partial charge on any atom is 0.311 e. The number of carbonyl (C=O) groups excluding carboxylic acids is 1. The number of aryl methyl sites for hydroxylation is 2. The fraction of sp³-hybridized carbons (Fsp3) is 0.725. The highest BCUT2D eigenvalue weighted by Gasteiger charge is 2.53. The first kappa shape index (κ1) is 74.3. The lowest BCUT2D eigenvalue weighted by Crippen LogP contribution is -3.00. The van der Waals surface area contributed by atoms with Gasteiger partial charge in [0.05, 0.1) is 72.9 Å². The van der Waals surface area contributed by atoms with E-state index in [1.807, 2.05) is 46.7 Å². The average Bonchev–Trinajstić information content (AvgIpc) is 2.09. The Hall–Kier alpha value is -2.39. The predicted molar refractivity (Wildman–Crippen MR) is 341 cm³/mol. The molecule has 15 nitrogen and oxygen atoms in total. The van der Waals surface area contributed by atoms with Gasteiger partial charge in [0.15, 0.2) is 12.6 Å². The first-order chi connectivity index (χ1) is 40.2. The van der Waals surface area contributed by atoms with Crippen LogP contribution in [0.1, 0.15) is 157 Å². The molecule has 3 fully saturated rings. The molecular formula is C69H112IN2O13P. The van der Waals surface area contributed by atoms with Crippen LogP contribution in [0.4, 0.5) is 0 Å². The number of esters is 1. The molecule has 5 N–H and O–H groups in total. The van der Waals surface area contributed by atoms with Gasteiger partial charge in [0, 0.05) is 38.1 Å². The molecule has 86 heavy (non-hydrogen) atoms. The zero-order valence-corrected chi connectivity index (χ0v) is 58.2. The van der Waals surface area contributed by atoms with Gasteiger partial charge in [0.25, 0.3) is 0 Å². The van der Waals surface area contributed by atoms with Crippen molar-refractivity contribution in [2.24, 2.45) is 23.2 Å². The summed E-state index contributed by atoms with van der Waals surface area (Å²) in [6.45, 7) is 23.6. The topological polar surface area (TPSA) is 189 Å². The number of aliphatic hydroxyl groups excluding tert-OH is 4. The van der Waals surface area contributed by atoms with E-state index >= 15 is 0 Å². The van der Waals surface area contributed by atoms with Crippen molar-refractivity contribution in [3.63, 3.8) is 0 Å². The largest absolute Gasteiger partial charge is 1.00 e. The first-order valence-corrected chi connectivity index (χ1v) is 34.0. The summed E-state index contributed by atoms with van der Waals surface area (Å²) < 4.78 is 44.5. The molecule has 17 heteroatoms. The minimum atomic E-state index is -1.98. The van der Waals surface area contributed by atoms with Crippen LogP contribution >= 0.6 is 7.26 Å². The second-order valence-corrected chi connectivity index (χ2v) is 30.5. The van der Waals surface area contributed by atoms with Crippen molar-refractivity contribution in [3.05, 3.63) is 83.9 Å². The van der Waals surface area contributed by atoms with Gasteiger partial charge in [-0.2, -0.15) is 0 Å². The maximum absolute atomic E-state index is 14.9. The van der Waals surface area contributed by atoms with Crippen molar-refractivity contribution in [1.29, 1.82) is 0 Å². The number of aliphatic hydroxyl groups is 5. The number of benzene rings is 3. The Balaban J connectivity index is 0.0000135. The molecule has 3 saturated heterocycles. The monoisotopic (exact) mass is 1330 g/mol. The van der Waals surface area contributed by atoms with E-state index in [4.69, 9.17) is 33.2 Å². The molecule has 0 aliphatic carbocycles. The van der Waals surface area contributed by atoms with Crippen LogP contribution in [0.3, 0.4) is 0 Å². The zero-order valence-electron chi connectivity index (χ0n) is 55.1. The van der Waals surface area contributed by atoms with Gasteiger partial charge in [-0.25, -0.2) is 0 Å². The van der Waals surface area contributed by atoms with Crippen molar-refractivity contribution in [1.82, 2.24) is 9.80 Å². The van der Waals surface area contributed by atoms with E-state index in [9.17, 15) is 30.3 Å². The second kappa shape index (κ2) is 33.3. The molecule has 0 amide bonds. The number of hydrogen-bond acceptors (Lipinski definition) is 15. The van der Waals surface area contributed by atoms with Gasteiger partial charge in [-0.3, -0.25) is 9.69 Å². The summed E-state index contributed by atoms with van der Waals surface area (Å²) in [5.41, 5.74) is -1.38. The normalized spacial score (nSPS) is 34.6. The van der Waals surface area contributed by atoms with Gasteiger partial charge in [-0.1, -0.05) is 95.2 Å². The number of nitrogens with zero attached hydrogens (tertiary/aromatic N) is 2. The number of unbranched alkanes of at least 4 members (excludes halogenated alkanes) is 7. The van der Waals surface area contributed by atoms with E-state index in [2.05, 4.69) is 98.5 Å². The molecule has 0 spiro atoms. The van der Waals surface area contributed by atoms with Crippen molar-refractivity contribution >= 4 is 29.1 Å². The lowest BCUT2D eigenvalue weighted by atomic mass is 9.75. The highest BCUT2D eigenvalue weighted by atomic mass is 127. The van der Waals surface area contributed by atoms with Crippen LogP contribution in [0.2, 0.25) is 0 Å². The van der Waals surface area contributed by atoms with Crippen LogP contribution < -0.4 is 44.6 Å². The van der Waals surface area contributed by atoms with Gasteiger partial charge in [0.1, 0.15) is 47.2 Å². The number of cyclic esters (lactones) is 1. The Morgan fingerprint density at radius 1 is 0.733 bits per heavy atom. The zero-order chi connectivity index (χ0) is 62.6. The summed E-state index contributed by atoms with van der Waals surface area (Å²) in [5, 5.41) is 64.3. The second-order valence-electron chi connectivity index (χ2n) is 26.9. The van der Waals surface area contributed by atoms with Crippen LogP contribution in [0.5, 0.6) is 5.75 Å². The van der Waals surface area contributed by atoms with Crippen molar-refractivity contribution < 1.29 is 87.5 Å². The van der Waals surface area contributed by atoms with E-state index in [1.54, 1.807) is 41.7 Å². The molecule has 0 aromatic heterocycles. The molecule has 3 aromatic rings. The summed E-state index contributed by atoms with van der Waals surface area (Å²) in [4.78, 5) is 19.1. The van der Waals surface area contributed by atoms with Crippen LogP contribution in [-0.4, -0.2) is 180 Å². The van der Waals surface area contributed by atoms with Crippen LogP contribution in [0, 0.1) is 37.0 Å². The number of likely N-dealkylation sites (N-methyl/N-ethyl adjacent to an activating group) is 1. The molecule has 0 saturated carbocycles. The summed E-state index contributed by atoms with van der Waals surface area (Å²) in [6, 6.07) is 26.4. The molecular weight excluding hydrogens is 1220 g/mol. The Morgan fingerprint density at radius 2 is 1.27 bits per heavy atom. The predicted octanol–water partition coefficient (Wildman–Crippen LogP) is 6.26. The summed E-state index contributed by atoms with van der Waals surface area (Å²) in [5.74, 6) is -1.70. The number of methoxy groups -OCH3 is 2. The molecule has 3 heterocycles. The van der Waals surface area contributed by atoms with Gasteiger partial charge >= 0.3 is 5.97 Å². The molecule has 6 rings (SSSR count). The number of ether oxygens (including phenoxy) is 7. The first-order valence-electron chi connectivity index (χ1n) is 32.0. The van der Waals surface area contributed by atoms with Crippen molar-refractivity contribution in [2.45, 2.75) is 245 Å². The van der Waals surface area contributed by atoms with Gasteiger partial charge in [-0.05, 0) is 169 Å². The van der Waals surface area contributed by atoms with Crippen LogP contribution in [-0.2, 0) is 33.2 Å². The summed E-state index contributed by atoms with van der Waals surface area (Å²) in [6.07, 6.45) is 1.80. The molecule has 0 bridgehead atoms. The lowest BCUT2D eigenvalue weighted by molar-refractivity contribution is -0.318. The smallest absolute Gasteiger partial charge is 0.311 e. The fourth-order valence-electron chi connectivity index (χ4n) is 14.2. The van der Waals surface area contributed by atoms with E-state index in [-0.39, 0.29) is 54.9 Å². The molecule has 3 aromatic carbocycles. The third-order valence-corrected chi connectivity index (χ3v) is 24.2. The number of hydrogen-bond donors (Lipinski definition) is 5. The highest BCUT2D eigenvalue weighted by molar-refractivity contribution is 7.95.